The third-order valence-electron chi connectivity index (χ3n) is 4.89. The summed E-state index contributed by atoms with van der Waals surface area (Å²) in [4.78, 5) is 2.58. The Bertz CT molecular complexity index is 364. The Kier molecular flexibility index (Phi) is 4.10. The summed E-state index contributed by atoms with van der Waals surface area (Å²) in [6.07, 6.45) is 6.19. The summed E-state index contributed by atoms with van der Waals surface area (Å²) in [5.41, 5.74) is 0.906. The van der Waals surface area contributed by atoms with E-state index in [4.69, 9.17) is 9.31 Å². The molecule has 0 radical (unpaired) electrons. The zero-order chi connectivity index (χ0) is 13.0. The van der Waals surface area contributed by atoms with Crippen LogP contribution in [0.2, 0.25) is 0 Å². The van der Waals surface area contributed by atoms with Gasteiger partial charge in [0.05, 0.1) is 11.2 Å². The maximum atomic E-state index is 6.11. The van der Waals surface area contributed by atoms with E-state index in [0.29, 0.717) is 0 Å². The van der Waals surface area contributed by atoms with Crippen LogP contribution in [0.1, 0.15) is 47.0 Å². The van der Waals surface area contributed by atoms with Gasteiger partial charge in [-0.3, -0.25) is 4.90 Å². The Labute approximate surface area is 123 Å². The van der Waals surface area contributed by atoms with Gasteiger partial charge in [0.15, 0.2) is 0 Å². The molecule has 0 N–H and O–H groups in total. The molecule has 3 nitrogen and oxygen atoms in total. The molecule has 19 heavy (non-hydrogen) atoms. The van der Waals surface area contributed by atoms with Crippen molar-refractivity contribution in [1.82, 2.24) is 4.90 Å². The normalized spacial score (nSPS) is 29.9. The number of nitrogens with zero attached hydrogens (tertiary/aromatic N) is 1. The maximum Gasteiger partial charge on any atom is 0.490 e. The summed E-state index contributed by atoms with van der Waals surface area (Å²) in [5, 5.41) is 0. The van der Waals surface area contributed by atoms with Crippen molar-refractivity contribution in [2.75, 3.05) is 13.1 Å². The quantitative estimate of drug-likeness (QED) is 0.728. The minimum atomic E-state index is -0.216. The first-order valence-electron chi connectivity index (χ1n) is 7.18. The van der Waals surface area contributed by atoms with E-state index in [1.54, 1.807) is 0 Å². The second-order valence-corrected chi connectivity index (χ2v) is 6.84. The van der Waals surface area contributed by atoms with Crippen LogP contribution < -0.4 is 0 Å². The van der Waals surface area contributed by atoms with E-state index in [-0.39, 0.29) is 30.7 Å². The molecule has 1 saturated carbocycles. The highest BCUT2D eigenvalue weighted by Crippen LogP contribution is 2.40. The van der Waals surface area contributed by atoms with Gasteiger partial charge in [-0.2, -0.15) is 0 Å². The van der Waals surface area contributed by atoms with Gasteiger partial charge in [-0.15, -0.1) is 12.4 Å². The predicted octanol–water partition coefficient (Wildman–Crippen LogP) is 2.83. The second-order valence-electron chi connectivity index (χ2n) is 6.84. The van der Waals surface area contributed by atoms with Gasteiger partial charge in [-0.1, -0.05) is 6.08 Å². The number of hydrogen-bond donors (Lipinski definition) is 0. The van der Waals surface area contributed by atoms with Crippen LogP contribution in [0.15, 0.2) is 11.5 Å². The first kappa shape index (κ1) is 15.4. The SMILES string of the molecule is CC1(C)OB(C2=CCN(C3CC3)CC2)OC1(C)C.Cl. The summed E-state index contributed by atoms with van der Waals surface area (Å²) in [5.74, 6) is 0. The van der Waals surface area contributed by atoms with Crippen LogP contribution in [0.25, 0.3) is 0 Å². The molecule has 5 heteroatoms. The lowest BCUT2D eigenvalue weighted by molar-refractivity contribution is 0.00578. The Morgan fingerprint density at radius 3 is 2.16 bits per heavy atom. The average Bonchev–Trinajstić information content (AvgIpc) is 3.08. The monoisotopic (exact) mass is 285 g/mol. The van der Waals surface area contributed by atoms with Crippen LogP contribution in [0.3, 0.4) is 0 Å². The van der Waals surface area contributed by atoms with Crippen molar-refractivity contribution >= 4 is 19.5 Å². The highest BCUT2D eigenvalue weighted by Gasteiger charge is 2.52. The van der Waals surface area contributed by atoms with E-state index in [9.17, 15) is 0 Å². The molecule has 2 aliphatic heterocycles. The van der Waals surface area contributed by atoms with Crippen molar-refractivity contribution < 1.29 is 9.31 Å². The summed E-state index contributed by atoms with van der Waals surface area (Å²) in [7, 11) is -0.128. The smallest absolute Gasteiger partial charge is 0.400 e. The summed E-state index contributed by atoms with van der Waals surface area (Å²) in [6.45, 7) is 10.7. The van der Waals surface area contributed by atoms with E-state index < -0.39 is 0 Å². The highest BCUT2D eigenvalue weighted by atomic mass is 35.5. The standard InChI is InChI=1S/C14H24BNO2.ClH/c1-13(2)14(3,4)18-15(17-13)11-7-9-16(10-8-11)12-5-6-12;/h7,12H,5-6,8-10H2,1-4H3;1H. The van der Waals surface area contributed by atoms with Crippen LogP contribution in [-0.4, -0.2) is 42.4 Å². The third kappa shape index (κ3) is 2.87. The van der Waals surface area contributed by atoms with Crippen LogP contribution in [0, 0.1) is 0 Å². The van der Waals surface area contributed by atoms with E-state index in [0.717, 1.165) is 19.0 Å². The maximum absolute atomic E-state index is 6.11. The van der Waals surface area contributed by atoms with Crippen molar-refractivity contribution in [1.29, 1.82) is 0 Å². The Hall–Kier alpha value is -0.0251. The second kappa shape index (κ2) is 5.07. The van der Waals surface area contributed by atoms with Gasteiger partial charge in [0.1, 0.15) is 0 Å². The first-order valence-corrected chi connectivity index (χ1v) is 7.18. The molecule has 0 spiro atoms. The zero-order valence-corrected chi connectivity index (χ0v) is 13.3. The van der Waals surface area contributed by atoms with Gasteiger partial charge < -0.3 is 9.31 Å². The molecule has 0 amide bonds. The van der Waals surface area contributed by atoms with Gasteiger partial charge in [-0.05, 0) is 52.4 Å². The topological polar surface area (TPSA) is 21.7 Å². The van der Waals surface area contributed by atoms with Gasteiger partial charge in [0.2, 0.25) is 0 Å². The Morgan fingerprint density at radius 1 is 1.16 bits per heavy atom. The fourth-order valence-corrected chi connectivity index (χ4v) is 2.68. The van der Waals surface area contributed by atoms with Crippen molar-refractivity contribution in [2.45, 2.75) is 64.2 Å². The molecule has 0 aromatic rings. The highest BCUT2D eigenvalue weighted by molar-refractivity contribution is 6.54. The number of hydrogen-bond acceptors (Lipinski definition) is 3. The third-order valence-corrected chi connectivity index (χ3v) is 4.89. The van der Waals surface area contributed by atoms with Crippen LogP contribution >= 0.6 is 12.4 Å². The molecule has 3 rings (SSSR count). The summed E-state index contributed by atoms with van der Waals surface area (Å²) >= 11 is 0. The van der Waals surface area contributed by atoms with Crippen molar-refractivity contribution in [3.8, 4) is 0 Å². The Morgan fingerprint density at radius 2 is 1.74 bits per heavy atom. The molecule has 108 valence electrons. The van der Waals surface area contributed by atoms with Crippen LogP contribution in [0.5, 0.6) is 0 Å². The fourth-order valence-electron chi connectivity index (χ4n) is 2.68. The molecule has 0 unspecified atom stereocenters. The molecule has 0 bridgehead atoms. The first-order chi connectivity index (χ1) is 8.39. The molecule has 1 aliphatic carbocycles. The van der Waals surface area contributed by atoms with Crippen LogP contribution in [0.4, 0.5) is 0 Å². The van der Waals surface area contributed by atoms with Crippen LogP contribution in [-0.2, 0) is 9.31 Å². The minimum Gasteiger partial charge on any atom is -0.400 e. The summed E-state index contributed by atoms with van der Waals surface area (Å²) < 4.78 is 12.2. The molecule has 0 aromatic carbocycles. The predicted molar refractivity (Wildman–Crippen MR) is 80.6 cm³/mol. The van der Waals surface area contributed by atoms with E-state index >= 15 is 0 Å². The van der Waals surface area contributed by atoms with Crippen molar-refractivity contribution in [2.24, 2.45) is 0 Å². The lowest BCUT2D eigenvalue weighted by atomic mass is 9.75. The number of rotatable bonds is 2. The zero-order valence-electron chi connectivity index (χ0n) is 12.4. The van der Waals surface area contributed by atoms with Crippen molar-refractivity contribution in [3.05, 3.63) is 11.5 Å². The fraction of sp³-hybridized carbons (Fsp3) is 0.857. The van der Waals surface area contributed by atoms with Gasteiger partial charge in [0, 0.05) is 19.1 Å². The van der Waals surface area contributed by atoms with Gasteiger partial charge >= 0.3 is 7.12 Å². The number of halogens is 1. The molecular formula is C14H25BClNO2. The van der Waals surface area contributed by atoms with Gasteiger partial charge in [-0.25, -0.2) is 0 Å². The average molecular weight is 286 g/mol. The lowest BCUT2D eigenvalue weighted by Gasteiger charge is -2.32. The molecule has 1 saturated heterocycles. The Balaban J connectivity index is 0.00000133. The van der Waals surface area contributed by atoms with Crippen molar-refractivity contribution in [3.63, 3.8) is 0 Å². The molecule has 3 aliphatic rings. The molecule has 2 fully saturated rings. The van der Waals surface area contributed by atoms with Gasteiger partial charge in [0.25, 0.3) is 0 Å². The van der Waals surface area contributed by atoms with E-state index in [1.807, 2.05) is 0 Å². The largest absolute Gasteiger partial charge is 0.490 e. The molecule has 0 atom stereocenters. The molecule has 0 aromatic heterocycles. The molecule has 2 heterocycles. The summed E-state index contributed by atoms with van der Waals surface area (Å²) in [6, 6.07) is 0.862. The van der Waals surface area contributed by atoms with E-state index in [2.05, 4.69) is 38.7 Å². The van der Waals surface area contributed by atoms with E-state index in [1.165, 1.54) is 24.9 Å². The minimum absolute atomic E-state index is 0. The molecular weight excluding hydrogens is 260 g/mol. The lowest BCUT2D eigenvalue weighted by Crippen LogP contribution is -2.41.